The van der Waals surface area contributed by atoms with Gasteiger partial charge in [-0.25, -0.2) is 4.68 Å². The van der Waals surface area contributed by atoms with Gasteiger partial charge in [0.25, 0.3) is 11.9 Å². The van der Waals surface area contributed by atoms with Gasteiger partial charge in [0.1, 0.15) is 11.8 Å². The molecule has 4 aromatic rings. The van der Waals surface area contributed by atoms with Crippen molar-refractivity contribution >= 4 is 35.9 Å². The molecule has 1 atom stereocenters. The molecule has 7 nitrogen and oxygen atoms in total. The Balaban J connectivity index is 0.00000259. The third-order valence-corrected chi connectivity index (χ3v) is 5.06. The second-order valence-electron chi connectivity index (χ2n) is 7.28. The number of rotatable bonds is 6. The minimum atomic E-state index is -0.329. The van der Waals surface area contributed by atoms with Crippen LogP contribution in [0.1, 0.15) is 17.2 Å². The minimum absolute atomic E-state index is 0. The normalized spacial score (nSPS) is 14.2. The number of ether oxygens (including phenoxy) is 1. The first kappa shape index (κ1) is 22.1. The van der Waals surface area contributed by atoms with Gasteiger partial charge in [0, 0.05) is 5.70 Å². The average molecular weight is 460 g/mol. The highest BCUT2D eigenvalue weighted by Crippen LogP contribution is 2.33. The van der Waals surface area contributed by atoms with Gasteiger partial charge in [-0.3, -0.25) is 10.1 Å². The maximum Gasteiger partial charge on any atom is 0.264 e. The number of anilines is 2. The lowest BCUT2D eigenvalue weighted by Gasteiger charge is -2.24. The lowest BCUT2D eigenvalue weighted by molar-refractivity contribution is -0.118. The molecule has 1 aliphatic rings. The first-order valence-electron chi connectivity index (χ1n) is 10.3. The van der Waals surface area contributed by atoms with Crippen LogP contribution in [0.25, 0.3) is 5.70 Å². The molecule has 1 aliphatic heterocycles. The summed E-state index contributed by atoms with van der Waals surface area (Å²) in [5.41, 5.74) is 3.05. The summed E-state index contributed by atoms with van der Waals surface area (Å²) < 4.78 is 7.28. The number of carbonyl (C=O) groups is 1. The molecule has 2 N–H and O–H groups in total. The molecule has 0 bridgehead atoms. The standard InChI is InChI=1S/C25H21N5O2.ClH/c31-23(17-32-20-14-8-3-9-15-20)27-24-28-25-26-21(18-10-4-1-5-11-18)16-22(30(25)29-24)19-12-6-2-7-13-19;/h1-16,22H,17H2,(H2,26,27,28,29,31);1H. The predicted octanol–water partition coefficient (Wildman–Crippen LogP) is 4.77. The number of carbonyl (C=O) groups excluding carboxylic acids is 1. The van der Waals surface area contributed by atoms with Crippen LogP contribution >= 0.6 is 12.4 Å². The van der Waals surface area contributed by atoms with Gasteiger partial charge in [-0.15, -0.1) is 17.5 Å². The zero-order valence-electron chi connectivity index (χ0n) is 17.6. The fourth-order valence-electron chi connectivity index (χ4n) is 3.55. The molecule has 1 unspecified atom stereocenters. The summed E-state index contributed by atoms with van der Waals surface area (Å²) in [5.74, 6) is 1.07. The fraction of sp³-hybridized carbons (Fsp3) is 0.0800. The van der Waals surface area contributed by atoms with Crippen LogP contribution in [0.15, 0.2) is 97.1 Å². The van der Waals surface area contributed by atoms with Crippen LogP contribution in [0.5, 0.6) is 5.75 Å². The van der Waals surface area contributed by atoms with Gasteiger partial charge >= 0.3 is 0 Å². The quantitative estimate of drug-likeness (QED) is 0.434. The Morgan fingerprint density at radius 2 is 1.58 bits per heavy atom. The number of halogens is 1. The van der Waals surface area contributed by atoms with Crippen LogP contribution in [0.3, 0.4) is 0 Å². The van der Waals surface area contributed by atoms with Gasteiger partial charge < -0.3 is 10.1 Å². The number of benzene rings is 3. The highest BCUT2D eigenvalue weighted by molar-refractivity contribution is 5.90. The van der Waals surface area contributed by atoms with Crippen molar-refractivity contribution in [1.29, 1.82) is 0 Å². The number of amides is 1. The molecule has 0 spiro atoms. The molecular formula is C25H22ClN5O2. The van der Waals surface area contributed by atoms with Crippen molar-refractivity contribution in [3.8, 4) is 5.75 Å². The molecule has 1 aromatic heterocycles. The van der Waals surface area contributed by atoms with Gasteiger partial charge in [-0.1, -0.05) is 78.9 Å². The van der Waals surface area contributed by atoms with Gasteiger partial charge in [-0.2, -0.15) is 4.98 Å². The van der Waals surface area contributed by atoms with Crippen molar-refractivity contribution in [2.24, 2.45) is 0 Å². The Bertz CT molecular complexity index is 1240. The second kappa shape index (κ2) is 10.0. The van der Waals surface area contributed by atoms with Crippen LogP contribution in [0.2, 0.25) is 0 Å². The lowest BCUT2D eigenvalue weighted by atomic mass is 10.0. The smallest absolute Gasteiger partial charge is 0.264 e. The Labute approximate surface area is 197 Å². The number of hydrogen-bond acceptors (Lipinski definition) is 5. The van der Waals surface area contributed by atoms with E-state index < -0.39 is 0 Å². The molecular weight excluding hydrogens is 438 g/mol. The Morgan fingerprint density at radius 3 is 2.27 bits per heavy atom. The largest absolute Gasteiger partial charge is 0.484 e. The van der Waals surface area contributed by atoms with E-state index >= 15 is 0 Å². The van der Waals surface area contributed by atoms with Crippen molar-refractivity contribution in [3.05, 3.63) is 108 Å². The summed E-state index contributed by atoms with van der Waals surface area (Å²) in [6.45, 7) is -0.128. The SMILES string of the molecule is Cl.O=C(COc1ccccc1)Nc1nc2n(n1)C(c1ccccc1)C=C(c1ccccc1)N2. The molecule has 8 heteroatoms. The molecule has 3 aromatic carbocycles. The summed E-state index contributed by atoms with van der Waals surface area (Å²) in [6, 6.07) is 29.1. The molecule has 33 heavy (non-hydrogen) atoms. The second-order valence-corrected chi connectivity index (χ2v) is 7.28. The van der Waals surface area contributed by atoms with E-state index in [4.69, 9.17) is 4.74 Å². The molecule has 0 saturated carbocycles. The van der Waals surface area contributed by atoms with E-state index in [9.17, 15) is 4.79 Å². The zero-order chi connectivity index (χ0) is 21.8. The highest BCUT2D eigenvalue weighted by Gasteiger charge is 2.25. The predicted molar refractivity (Wildman–Crippen MR) is 130 cm³/mol. The number of hydrogen-bond donors (Lipinski definition) is 2. The number of allylic oxidation sites excluding steroid dienone is 1. The van der Waals surface area contributed by atoms with E-state index in [-0.39, 0.29) is 36.9 Å². The minimum Gasteiger partial charge on any atom is -0.484 e. The molecule has 5 rings (SSSR count). The topological polar surface area (TPSA) is 81.1 Å². The number of fused-ring (bicyclic) bond motifs is 1. The third kappa shape index (κ3) is 5.05. The van der Waals surface area contributed by atoms with E-state index in [2.05, 4.69) is 26.8 Å². The Kier molecular flexibility index (Phi) is 6.71. The highest BCUT2D eigenvalue weighted by atomic mass is 35.5. The number of para-hydroxylation sites is 1. The zero-order valence-corrected chi connectivity index (χ0v) is 18.4. The maximum atomic E-state index is 12.4. The first-order valence-corrected chi connectivity index (χ1v) is 10.3. The summed E-state index contributed by atoms with van der Waals surface area (Å²) in [7, 11) is 0. The summed E-state index contributed by atoms with van der Waals surface area (Å²) in [5, 5.41) is 10.6. The summed E-state index contributed by atoms with van der Waals surface area (Å²) in [4.78, 5) is 16.9. The Morgan fingerprint density at radius 1 is 0.939 bits per heavy atom. The van der Waals surface area contributed by atoms with E-state index in [1.807, 2.05) is 78.9 Å². The Hall–Kier alpha value is -4.10. The first-order chi connectivity index (χ1) is 15.8. The molecule has 1 amide bonds. The molecule has 0 radical (unpaired) electrons. The number of aromatic nitrogens is 3. The monoisotopic (exact) mass is 459 g/mol. The summed E-state index contributed by atoms with van der Waals surface area (Å²) in [6.07, 6.45) is 2.11. The lowest BCUT2D eigenvalue weighted by Crippen LogP contribution is -2.21. The van der Waals surface area contributed by atoms with Crippen LogP contribution in [0.4, 0.5) is 11.9 Å². The summed E-state index contributed by atoms with van der Waals surface area (Å²) >= 11 is 0. The maximum absolute atomic E-state index is 12.4. The van der Waals surface area contributed by atoms with E-state index in [0.29, 0.717) is 11.7 Å². The fourth-order valence-corrected chi connectivity index (χ4v) is 3.55. The van der Waals surface area contributed by atoms with Crippen LogP contribution < -0.4 is 15.4 Å². The molecule has 0 fully saturated rings. The van der Waals surface area contributed by atoms with Gasteiger partial charge in [0.2, 0.25) is 5.95 Å². The van der Waals surface area contributed by atoms with Crippen molar-refractivity contribution in [3.63, 3.8) is 0 Å². The van der Waals surface area contributed by atoms with E-state index in [0.717, 1.165) is 16.8 Å². The third-order valence-electron chi connectivity index (χ3n) is 5.06. The van der Waals surface area contributed by atoms with Crippen LogP contribution in [-0.4, -0.2) is 27.3 Å². The van der Waals surface area contributed by atoms with Gasteiger partial charge in [0.15, 0.2) is 6.61 Å². The molecule has 166 valence electrons. The van der Waals surface area contributed by atoms with E-state index in [1.54, 1.807) is 16.8 Å². The molecule has 0 aliphatic carbocycles. The molecule has 2 heterocycles. The average Bonchev–Trinajstić information content (AvgIpc) is 3.26. The van der Waals surface area contributed by atoms with Crippen LogP contribution in [0, 0.1) is 0 Å². The van der Waals surface area contributed by atoms with Gasteiger partial charge in [-0.05, 0) is 29.3 Å². The molecule has 0 saturated heterocycles. The van der Waals surface area contributed by atoms with Crippen LogP contribution in [-0.2, 0) is 4.79 Å². The number of nitrogens with zero attached hydrogens (tertiary/aromatic N) is 3. The van der Waals surface area contributed by atoms with Crippen molar-refractivity contribution in [2.75, 3.05) is 17.2 Å². The van der Waals surface area contributed by atoms with E-state index in [1.165, 1.54) is 0 Å². The van der Waals surface area contributed by atoms with Crippen molar-refractivity contribution in [2.45, 2.75) is 6.04 Å². The van der Waals surface area contributed by atoms with Crippen molar-refractivity contribution in [1.82, 2.24) is 14.8 Å². The van der Waals surface area contributed by atoms with Gasteiger partial charge in [0.05, 0.1) is 0 Å². The van der Waals surface area contributed by atoms with Crippen molar-refractivity contribution < 1.29 is 9.53 Å². The number of nitrogens with one attached hydrogen (secondary N) is 2.